The number of unbranched alkanes of at least 4 members (excludes halogenated alkanes) is 2. The Kier molecular flexibility index (Phi) is 8.09. The molecule has 0 unspecified atom stereocenters. The molecule has 0 aliphatic carbocycles. The molecule has 0 fully saturated rings. The van der Waals surface area contributed by atoms with Gasteiger partial charge in [0.2, 0.25) is 5.91 Å². The molecule has 0 bridgehead atoms. The van der Waals surface area contributed by atoms with Crippen LogP contribution in [0.3, 0.4) is 0 Å². The van der Waals surface area contributed by atoms with E-state index in [9.17, 15) is 13.2 Å². The van der Waals surface area contributed by atoms with E-state index >= 15 is 0 Å². The van der Waals surface area contributed by atoms with Gasteiger partial charge in [0, 0.05) is 13.0 Å². The molecule has 1 aromatic rings. The smallest absolute Gasteiger partial charge is 0.221 e. The zero-order chi connectivity index (χ0) is 17.3. The first-order chi connectivity index (χ1) is 10.8. The molecule has 23 heavy (non-hydrogen) atoms. The minimum absolute atomic E-state index is 0.0152. The van der Waals surface area contributed by atoms with Gasteiger partial charge in [0.25, 0.3) is 0 Å². The maximum atomic E-state index is 12.2. The lowest BCUT2D eigenvalue weighted by Gasteiger charge is -2.10. The lowest BCUT2D eigenvalue weighted by atomic mass is 10.2. The maximum absolute atomic E-state index is 12.2. The molecule has 1 rings (SSSR count). The van der Waals surface area contributed by atoms with Crippen LogP contribution in [0.1, 0.15) is 46.5 Å². The molecule has 0 saturated heterocycles. The van der Waals surface area contributed by atoms with E-state index in [0.29, 0.717) is 12.3 Å². The highest BCUT2D eigenvalue weighted by atomic mass is 32.2. The highest BCUT2D eigenvalue weighted by molar-refractivity contribution is 7.91. The molecular formula is C17H27NO4S. The van der Waals surface area contributed by atoms with Gasteiger partial charge in [0.15, 0.2) is 9.84 Å². The quantitative estimate of drug-likeness (QED) is 0.664. The van der Waals surface area contributed by atoms with Crippen LogP contribution in [0.4, 0.5) is 0 Å². The third kappa shape index (κ3) is 7.50. The van der Waals surface area contributed by atoms with Crippen LogP contribution in [-0.4, -0.2) is 32.7 Å². The first-order valence-corrected chi connectivity index (χ1v) is 9.76. The molecule has 0 atom stereocenters. The van der Waals surface area contributed by atoms with E-state index in [1.807, 2.05) is 13.8 Å². The largest absolute Gasteiger partial charge is 0.491 e. The Bertz CT molecular complexity index is 579. The molecule has 130 valence electrons. The van der Waals surface area contributed by atoms with Crippen LogP contribution in [0.5, 0.6) is 5.75 Å². The third-order valence-electron chi connectivity index (χ3n) is 3.25. The summed E-state index contributed by atoms with van der Waals surface area (Å²) in [5.74, 6) is 0.230. The van der Waals surface area contributed by atoms with E-state index in [-0.39, 0.29) is 29.1 Å². The fourth-order valence-electron chi connectivity index (χ4n) is 2.03. The molecule has 6 heteroatoms. The molecule has 5 nitrogen and oxygen atoms in total. The van der Waals surface area contributed by atoms with Crippen molar-refractivity contribution in [1.82, 2.24) is 5.32 Å². The normalized spacial score (nSPS) is 11.5. The molecule has 0 heterocycles. The lowest BCUT2D eigenvalue weighted by Crippen LogP contribution is -2.26. The number of rotatable bonds is 10. The van der Waals surface area contributed by atoms with Gasteiger partial charge in [0.1, 0.15) is 5.75 Å². The fraction of sp³-hybridized carbons (Fsp3) is 0.588. The molecule has 0 aliphatic rings. The van der Waals surface area contributed by atoms with Crippen molar-refractivity contribution in [3.8, 4) is 5.75 Å². The number of hydrogen-bond donors (Lipinski definition) is 1. The highest BCUT2D eigenvalue weighted by Gasteiger charge is 2.16. The van der Waals surface area contributed by atoms with Crippen molar-refractivity contribution in [3.63, 3.8) is 0 Å². The van der Waals surface area contributed by atoms with E-state index in [4.69, 9.17) is 4.74 Å². The van der Waals surface area contributed by atoms with Crippen LogP contribution >= 0.6 is 0 Å². The number of ether oxygens (including phenoxy) is 1. The zero-order valence-electron chi connectivity index (χ0n) is 14.2. The Morgan fingerprint density at radius 1 is 1.17 bits per heavy atom. The number of benzene rings is 1. The summed E-state index contributed by atoms with van der Waals surface area (Å²) in [6.07, 6.45) is 3.09. The number of amides is 1. The summed E-state index contributed by atoms with van der Waals surface area (Å²) in [6.45, 7) is 6.51. The van der Waals surface area contributed by atoms with Crippen molar-refractivity contribution in [3.05, 3.63) is 24.3 Å². The van der Waals surface area contributed by atoms with Crippen molar-refractivity contribution >= 4 is 15.7 Å². The summed E-state index contributed by atoms with van der Waals surface area (Å²) in [5.41, 5.74) is 0. The second-order valence-corrected chi connectivity index (χ2v) is 7.87. The summed E-state index contributed by atoms with van der Waals surface area (Å²) in [7, 11) is -3.45. The van der Waals surface area contributed by atoms with Crippen molar-refractivity contribution in [2.75, 3.05) is 12.3 Å². The minimum Gasteiger partial charge on any atom is -0.491 e. The Morgan fingerprint density at radius 3 is 2.39 bits per heavy atom. The number of carbonyl (C=O) groups excluding carboxylic acids is 1. The molecule has 0 aromatic heterocycles. The van der Waals surface area contributed by atoms with E-state index in [2.05, 4.69) is 12.2 Å². The lowest BCUT2D eigenvalue weighted by molar-refractivity contribution is -0.120. The van der Waals surface area contributed by atoms with Gasteiger partial charge in [-0.1, -0.05) is 19.8 Å². The van der Waals surface area contributed by atoms with Gasteiger partial charge in [0.05, 0.1) is 16.8 Å². The Labute approximate surface area is 139 Å². The van der Waals surface area contributed by atoms with Gasteiger partial charge >= 0.3 is 0 Å². The summed E-state index contributed by atoms with van der Waals surface area (Å²) in [4.78, 5) is 11.9. The van der Waals surface area contributed by atoms with Crippen molar-refractivity contribution in [2.24, 2.45) is 0 Å². The van der Waals surface area contributed by atoms with Gasteiger partial charge in [-0.05, 0) is 44.5 Å². The second-order valence-electron chi connectivity index (χ2n) is 5.76. The van der Waals surface area contributed by atoms with Crippen LogP contribution < -0.4 is 10.1 Å². The number of carbonyl (C=O) groups is 1. The SMILES string of the molecule is CCCCCNC(=O)CCS(=O)(=O)c1ccc(OC(C)C)cc1. The average Bonchev–Trinajstić information content (AvgIpc) is 2.50. The Morgan fingerprint density at radius 2 is 1.83 bits per heavy atom. The summed E-state index contributed by atoms with van der Waals surface area (Å²) >= 11 is 0. The zero-order valence-corrected chi connectivity index (χ0v) is 15.0. The molecule has 0 aliphatic heterocycles. The van der Waals surface area contributed by atoms with Gasteiger partial charge in [-0.15, -0.1) is 0 Å². The molecular weight excluding hydrogens is 314 g/mol. The highest BCUT2D eigenvalue weighted by Crippen LogP contribution is 2.18. The van der Waals surface area contributed by atoms with Crippen LogP contribution in [0.15, 0.2) is 29.2 Å². The first kappa shape index (κ1) is 19.5. The van der Waals surface area contributed by atoms with Gasteiger partial charge in [-0.25, -0.2) is 8.42 Å². The Hall–Kier alpha value is -1.56. The fourth-order valence-corrected chi connectivity index (χ4v) is 3.27. The first-order valence-electron chi connectivity index (χ1n) is 8.11. The standard InChI is InChI=1S/C17H27NO4S/c1-4-5-6-12-18-17(19)11-13-23(20,21)16-9-7-15(8-10-16)22-14(2)3/h7-10,14H,4-6,11-13H2,1-3H3,(H,18,19). The number of nitrogens with one attached hydrogen (secondary N) is 1. The van der Waals surface area contributed by atoms with Crippen molar-refractivity contribution in [1.29, 1.82) is 0 Å². The van der Waals surface area contributed by atoms with Gasteiger partial charge < -0.3 is 10.1 Å². The number of hydrogen-bond acceptors (Lipinski definition) is 4. The van der Waals surface area contributed by atoms with Crippen LogP contribution in [-0.2, 0) is 14.6 Å². The molecule has 0 saturated carbocycles. The van der Waals surface area contributed by atoms with Crippen LogP contribution in [0.2, 0.25) is 0 Å². The maximum Gasteiger partial charge on any atom is 0.221 e. The van der Waals surface area contributed by atoms with E-state index in [1.165, 1.54) is 12.1 Å². The Balaban J connectivity index is 2.50. The third-order valence-corrected chi connectivity index (χ3v) is 4.99. The molecule has 1 amide bonds. The predicted octanol–water partition coefficient (Wildman–Crippen LogP) is 2.94. The van der Waals surface area contributed by atoms with Gasteiger partial charge in [-0.3, -0.25) is 4.79 Å². The molecule has 1 aromatic carbocycles. The predicted molar refractivity (Wildman–Crippen MR) is 91.4 cm³/mol. The van der Waals surface area contributed by atoms with Gasteiger partial charge in [-0.2, -0.15) is 0 Å². The number of sulfone groups is 1. The second kappa shape index (κ2) is 9.55. The minimum atomic E-state index is -3.45. The van der Waals surface area contributed by atoms with E-state index in [0.717, 1.165) is 19.3 Å². The van der Waals surface area contributed by atoms with E-state index in [1.54, 1.807) is 12.1 Å². The summed E-state index contributed by atoms with van der Waals surface area (Å²) in [5, 5.41) is 2.75. The van der Waals surface area contributed by atoms with Crippen molar-refractivity contribution < 1.29 is 17.9 Å². The topological polar surface area (TPSA) is 72.5 Å². The molecule has 0 radical (unpaired) electrons. The van der Waals surface area contributed by atoms with Crippen LogP contribution in [0, 0.1) is 0 Å². The summed E-state index contributed by atoms with van der Waals surface area (Å²) < 4.78 is 29.9. The van der Waals surface area contributed by atoms with E-state index < -0.39 is 9.84 Å². The van der Waals surface area contributed by atoms with Crippen molar-refractivity contribution in [2.45, 2.75) is 57.5 Å². The molecule has 1 N–H and O–H groups in total. The monoisotopic (exact) mass is 341 g/mol. The van der Waals surface area contributed by atoms with Crippen LogP contribution in [0.25, 0.3) is 0 Å². The average molecular weight is 341 g/mol. The molecule has 0 spiro atoms. The summed E-state index contributed by atoms with van der Waals surface area (Å²) in [6, 6.07) is 6.31.